The molecule has 3 rings (SSSR count). The molecule has 2 heterocycles. The number of carbonyl (C=O) groups is 2. The zero-order valence-corrected chi connectivity index (χ0v) is 18.6. The van der Waals surface area contributed by atoms with E-state index in [0.29, 0.717) is 31.4 Å². The quantitative estimate of drug-likeness (QED) is 0.476. The highest BCUT2D eigenvalue weighted by Crippen LogP contribution is 2.30. The highest BCUT2D eigenvalue weighted by Gasteiger charge is 2.38. The molecule has 180 valence electrons. The molecule has 1 fully saturated rings. The Morgan fingerprint density at radius 3 is 2.67 bits per heavy atom. The average molecular weight is 486 g/mol. The second kappa shape index (κ2) is 10.7. The highest BCUT2D eigenvalue weighted by molar-refractivity contribution is 7.13. The Hall–Kier alpha value is -2.43. The van der Waals surface area contributed by atoms with Crippen molar-refractivity contribution < 1.29 is 38.1 Å². The number of nitrogens with zero attached hydrogens (tertiary/aromatic N) is 1. The number of aliphatic hydroxyl groups excluding tert-OH is 2. The highest BCUT2D eigenvalue weighted by atomic mass is 32.1. The summed E-state index contributed by atoms with van der Waals surface area (Å²) in [4.78, 5) is 26.0. The fourth-order valence-corrected chi connectivity index (χ4v) is 5.01. The summed E-state index contributed by atoms with van der Waals surface area (Å²) in [6, 6.07) is 7.65. The van der Waals surface area contributed by atoms with Crippen molar-refractivity contribution in [2.24, 2.45) is 0 Å². The van der Waals surface area contributed by atoms with Gasteiger partial charge in [-0.05, 0) is 55.9 Å². The fourth-order valence-electron chi connectivity index (χ4n) is 4.13. The van der Waals surface area contributed by atoms with Crippen LogP contribution in [0.2, 0.25) is 0 Å². The minimum absolute atomic E-state index is 0.00342. The van der Waals surface area contributed by atoms with Crippen LogP contribution in [0.1, 0.15) is 51.4 Å². The number of rotatable bonds is 10. The van der Waals surface area contributed by atoms with Gasteiger partial charge in [0.1, 0.15) is 4.88 Å². The normalized spacial score (nSPS) is 19.8. The van der Waals surface area contributed by atoms with Gasteiger partial charge in [0.25, 0.3) is 0 Å². The summed E-state index contributed by atoms with van der Waals surface area (Å²) in [5.74, 6) is -1.16. The van der Waals surface area contributed by atoms with Gasteiger partial charge in [-0.1, -0.05) is 18.2 Å². The van der Waals surface area contributed by atoms with E-state index in [-0.39, 0.29) is 30.0 Å². The van der Waals surface area contributed by atoms with Gasteiger partial charge in [-0.15, -0.1) is 11.3 Å². The number of amides is 1. The molecular formula is C23H26F3NO5S. The molecule has 1 aliphatic heterocycles. The summed E-state index contributed by atoms with van der Waals surface area (Å²) in [6.45, 7) is 0.393. The molecule has 0 saturated carbocycles. The summed E-state index contributed by atoms with van der Waals surface area (Å²) in [5, 5.41) is 29.7. The third-order valence-corrected chi connectivity index (χ3v) is 6.90. The lowest BCUT2D eigenvalue weighted by atomic mass is 9.98. The summed E-state index contributed by atoms with van der Waals surface area (Å²) >= 11 is 1.19. The SMILES string of the molecule is O=C(O)c1ccc(CCCN2C(=O)CC(O)C2CCC(O)Cc2cccc(C(F)(F)F)c2)s1. The third-order valence-electron chi connectivity index (χ3n) is 5.76. The van der Waals surface area contributed by atoms with E-state index in [9.17, 15) is 33.0 Å². The van der Waals surface area contributed by atoms with E-state index in [2.05, 4.69) is 0 Å². The van der Waals surface area contributed by atoms with Gasteiger partial charge in [-0.25, -0.2) is 4.79 Å². The molecule has 3 unspecified atom stereocenters. The van der Waals surface area contributed by atoms with Crippen molar-refractivity contribution in [3.8, 4) is 0 Å². The zero-order chi connectivity index (χ0) is 24.2. The molecule has 10 heteroatoms. The van der Waals surface area contributed by atoms with Crippen LogP contribution < -0.4 is 0 Å². The van der Waals surface area contributed by atoms with Gasteiger partial charge in [0.05, 0.1) is 30.2 Å². The van der Waals surface area contributed by atoms with Crippen molar-refractivity contribution in [2.75, 3.05) is 6.54 Å². The number of hydrogen-bond acceptors (Lipinski definition) is 5. The minimum atomic E-state index is -4.45. The Bertz CT molecular complexity index is 977. The van der Waals surface area contributed by atoms with Crippen molar-refractivity contribution in [3.63, 3.8) is 0 Å². The van der Waals surface area contributed by atoms with Crippen LogP contribution in [0.4, 0.5) is 13.2 Å². The number of alkyl halides is 3. The number of likely N-dealkylation sites (tertiary alicyclic amines) is 1. The monoisotopic (exact) mass is 485 g/mol. The first-order valence-electron chi connectivity index (χ1n) is 10.7. The second-order valence-electron chi connectivity index (χ2n) is 8.23. The summed E-state index contributed by atoms with van der Waals surface area (Å²) < 4.78 is 38.6. The second-order valence-corrected chi connectivity index (χ2v) is 9.40. The molecule has 1 amide bonds. The smallest absolute Gasteiger partial charge is 0.416 e. The summed E-state index contributed by atoms with van der Waals surface area (Å²) in [5.41, 5.74) is -0.398. The van der Waals surface area contributed by atoms with Crippen LogP contribution in [-0.4, -0.2) is 56.9 Å². The molecule has 2 aromatic rings. The van der Waals surface area contributed by atoms with Crippen LogP contribution >= 0.6 is 11.3 Å². The molecule has 1 saturated heterocycles. The van der Waals surface area contributed by atoms with Crippen molar-refractivity contribution in [2.45, 2.75) is 63.0 Å². The molecule has 3 N–H and O–H groups in total. The molecule has 33 heavy (non-hydrogen) atoms. The average Bonchev–Trinajstić information content (AvgIpc) is 3.31. The van der Waals surface area contributed by atoms with Crippen molar-refractivity contribution in [3.05, 3.63) is 57.3 Å². The Balaban J connectivity index is 1.51. The lowest BCUT2D eigenvalue weighted by Crippen LogP contribution is -2.38. The molecule has 0 bridgehead atoms. The summed E-state index contributed by atoms with van der Waals surface area (Å²) in [7, 11) is 0. The molecule has 0 spiro atoms. The van der Waals surface area contributed by atoms with E-state index < -0.39 is 36.0 Å². The number of carbonyl (C=O) groups excluding carboxylic acids is 1. The first-order chi connectivity index (χ1) is 15.5. The van der Waals surface area contributed by atoms with Crippen LogP contribution in [-0.2, 0) is 23.8 Å². The lowest BCUT2D eigenvalue weighted by Gasteiger charge is -2.27. The van der Waals surface area contributed by atoms with Crippen LogP contribution in [0.25, 0.3) is 0 Å². The van der Waals surface area contributed by atoms with E-state index in [1.165, 1.54) is 23.5 Å². The first kappa shape index (κ1) is 25.2. The molecule has 3 atom stereocenters. The van der Waals surface area contributed by atoms with Gasteiger partial charge in [0, 0.05) is 11.4 Å². The van der Waals surface area contributed by atoms with Crippen LogP contribution in [0.3, 0.4) is 0 Å². The topological polar surface area (TPSA) is 98.1 Å². The van der Waals surface area contributed by atoms with E-state index in [0.717, 1.165) is 17.0 Å². The van der Waals surface area contributed by atoms with Gasteiger partial charge < -0.3 is 20.2 Å². The summed E-state index contributed by atoms with van der Waals surface area (Å²) in [6.07, 6.45) is -4.42. The largest absolute Gasteiger partial charge is 0.477 e. The number of halogens is 3. The number of aryl methyl sites for hydroxylation is 1. The molecule has 0 aliphatic carbocycles. The Labute approximate surface area is 193 Å². The van der Waals surface area contributed by atoms with E-state index >= 15 is 0 Å². The number of aliphatic hydroxyl groups is 2. The molecule has 6 nitrogen and oxygen atoms in total. The predicted octanol–water partition coefficient (Wildman–Crippen LogP) is 3.74. The maximum atomic E-state index is 12.9. The number of thiophene rings is 1. The van der Waals surface area contributed by atoms with Crippen molar-refractivity contribution in [1.29, 1.82) is 0 Å². The fraction of sp³-hybridized carbons (Fsp3) is 0.478. The third kappa shape index (κ3) is 6.78. The van der Waals surface area contributed by atoms with Gasteiger partial charge in [-0.2, -0.15) is 13.2 Å². The number of carboxylic acids is 1. The van der Waals surface area contributed by atoms with E-state index in [1.54, 1.807) is 17.0 Å². The van der Waals surface area contributed by atoms with Crippen molar-refractivity contribution >= 4 is 23.2 Å². The Kier molecular flexibility index (Phi) is 8.14. The maximum Gasteiger partial charge on any atom is 0.416 e. The lowest BCUT2D eigenvalue weighted by molar-refractivity contribution is -0.137. The Morgan fingerprint density at radius 2 is 2.00 bits per heavy atom. The number of aromatic carboxylic acids is 1. The molecule has 0 radical (unpaired) electrons. The van der Waals surface area contributed by atoms with Gasteiger partial charge >= 0.3 is 12.1 Å². The van der Waals surface area contributed by atoms with Crippen molar-refractivity contribution in [1.82, 2.24) is 4.90 Å². The number of benzene rings is 1. The van der Waals surface area contributed by atoms with E-state index in [1.807, 2.05) is 0 Å². The Morgan fingerprint density at radius 1 is 1.24 bits per heavy atom. The predicted molar refractivity (Wildman–Crippen MR) is 116 cm³/mol. The van der Waals surface area contributed by atoms with Gasteiger partial charge in [-0.3, -0.25) is 4.79 Å². The number of hydrogen-bond donors (Lipinski definition) is 3. The van der Waals surface area contributed by atoms with Crippen LogP contribution in [0.15, 0.2) is 36.4 Å². The molecule has 1 aromatic carbocycles. The first-order valence-corrected chi connectivity index (χ1v) is 11.5. The molecule has 1 aliphatic rings. The molecular weight excluding hydrogens is 459 g/mol. The standard InChI is InChI=1S/C23H26F3NO5S/c24-23(25,26)15-4-1-3-14(11-15)12-16(28)6-8-18-19(29)13-21(30)27(18)10-2-5-17-7-9-20(33-17)22(31)32/h1,3-4,7,9,11,16,18-19,28-29H,2,5-6,8,10,12-13H2,(H,31,32). The van der Waals surface area contributed by atoms with E-state index in [4.69, 9.17) is 5.11 Å². The van der Waals surface area contributed by atoms with Crippen LogP contribution in [0.5, 0.6) is 0 Å². The van der Waals surface area contributed by atoms with Gasteiger partial charge in [0.2, 0.25) is 5.91 Å². The molecule has 1 aromatic heterocycles. The van der Waals surface area contributed by atoms with Gasteiger partial charge in [0.15, 0.2) is 0 Å². The maximum absolute atomic E-state index is 12.9. The van der Waals surface area contributed by atoms with Crippen LogP contribution in [0, 0.1) is 0 Å². The minimum Gasteiger partial charge on any atom is -0.477 e. The zero-order valence-electron chi connectivity index (χ0n) is 17.8. The number of carboxylic acid groups (broad SMARTS) is 1.